The number of aromatic nitrogens is 2. The molecule has 0 radical (unpaired) electrons. The van der Waals surface area contributed by atoms with E-state index in [1.54, 1.807) is 10.8 Å². The number of nitrogens with two attached hydrogens (primary N) is 1. The second kappa shape index (κ2) is 4.45. The van der Waals surface area contributed by atoms with Crippen molar-refractivity contribution in [2.24, 2.45) is 12.8 Å². The highest BCUT2D eigenvalue weighted by molar-refractivity contribution is 6.29. The summed E-state index contributed by atoms with van der Waals surface area (Å²) in [5.41, 5.74) is 5.26. The molecule has 2 N–H and O–H groups in total. The van der Waals surface area contributed by atoms with Crippen LogP contribution < -0.4 is 5.73 Å². The lowest BCUT2D eigenvalue weighted by Gasteiger charge is -2.02. The van der Waals surface area contributed by atoms with Crippen LogP contribution in [0.1, 0.15) is 5.82 Å². The summed E-state index contributed by atoms with van der Waals surface area (Å²) in [4.78, 5) is 4.05. The van der Waals surface area contributed by atoms with Crippen LogP contribution in [0.2, 0.25) is 5.15 Å². The third-order valence-corrected chi connectivity index (χ3v) is 1.87. The van der Waals surface area contributed by atoms with Gasteiger partial charge in [0.05, 0.1) is 12.8 Å². The first kappa shape index (κ1) is 9.51. The van der Waals surface area contributed by atoms with Gasteiger partial charge in [0, 0.05) is 13.6 Å². The van der Waals surface area contributed by atoms with Crippen LogP contribution in [0.15, 0.2) is 6.20 Å². The number of ether oxygens (including phenoxy) is 1. The standard InChI is InChI=1S/C7H12ClN3O/c1-11-6(8)4-10-7(11)5-12-3-2-9/h4H,2-3,5,9H2,1H3. The Hall–Kier alpha value is -0.580. The van der Waals surface area contributed by atoms with E-state index in [1.165, 1.54) is 0 Å². The summed E-state index contributed by atoms with van der Waals surface area (Å²) in [7, 11) is 1.84. The minimum absolute atomic E-state index is 0.459. The van der Waals surface area contributed by atoms with Gasteiger partial charge in [-0.1, -0.05) is 11.6 Å². The van der Waals surface area contributed by atoms with E-state index in [1.807, 2.05) is 7.05 Å². The smallest absolute Gasteiger partial charge is 0.135 e. The minimum Gasteiger partial charge on any atom is -0.372 e. The molecule has 0 spiro atoms. The molecule has 0 saturated heterocycles. The lowest BCUT2D eigenvalue weighted by Crippen LogP contribution is -2.10. The maximum atomic E-state index is 5.76. The Morgan fingerprint density at radius 3 is 3.00 bits per heavy atom. The van der Waals surface area contributed by atoms with Gasteiger partial charge in [0.2, 0.25) is 0 Å². The summed E-state index contributed by atoms with van der Waals surface area (Å²) in [6, 6.07) is 0. The van der Waals surface area contributed by atoms with E-state index in [2.05, 4.69) is 4.98 Å². The average molecular weight is 190 g/mol. The van der Waals surface area contributed by atoms with Crippen molar-refractivity contribution in [2.45, 2.75) is 6.61 Å². The maximum absolute atomic E-state index is 5.76. The van der Waals surface area contributed by atoms with Gasteiger partial charge >= 0.3 is 0 Å². The topological polar surface area (TPSA) is 53.1 Å². The fourth-order valence-corrected chi connectivity index (χ4v) is 0.952. The Morgan fingerprint density at radius 2 is 2.50 bits per heavy atom. The van der Waals surface area contributed by atoms with Crippen molar-refractivity contribution >= 4 is 11.6 Å². The first-order valence-corrected chi connectivity index (χ1v) is 4.07. The first-order valence-electron chi connectivity index (χ1n) is 3.69. The molecular formula is C7H12ClN3O. The molecule has 0 saturated carbocycles. The Balaban J connectivity index is 2.46. The molecular weight excluding hydrogens is 178 g/mol. The molecule has 0 unspecified atom stereocenters. The summed E-state index contributed by atoms with van der Waals surface area (Å²) < 4.78 is 6.97. The molecule has 0 atom stereocenters. The zero-order chi connectivity index (χ0) is 8.97. The molecule has 1 aromatic rings. The number of hydrogen-bond acceptors (Lipinski definition) is 3. The Labute approximate surface area is 76.3 Å². The molecule has 4 nitrogen and oxygen atoms in total. The normalized spacial score (nSPS) is 10.6. The molecule has 0 aromatic carbocycles. The second-order valence-electron chi connectivity index (χ2n) is 2.40. The molecule has 1 heterocycles. The first-order chi connectivity index (χ1) is 5.75. The molecule has 0 aliphatic heterocycles. The van der Waals surface area contributed by atoms with Gasteiger partial charge in [0.25, 0.3) is 0 Å². The van der Waals surface area contributed by atoms with Crippen molar-refractivity contribution in [3.8, 4) is 0 Å². The fraction of sp³-hybridized carbons (Fsp3) is 0.571. The molecule has 1 aromatic heterocycles. The monoisotopic (exact) mass is 189 g/mol. The highest BCUT2D eigenvalue weighted by Crippen LogP contribution is 2.09. The third kappa shape index (κ3) is 2.20. The summed E-state index contributed by atoms with van der Waals surface area (Å²) in [5.74, 6) is 0.813. The van der Waals surface area contributed by atoms with Crippen molar-refractivity contribution < 1.29 is 4.74 Å². The van der Waals surface area contributed by atoms with Crippen LogP contribution in [-0.4, -0.2) is 22.7 Å². The van der Waals surface area contributed by atoms with Crippen molar-refractivity contribution in [3.63, 3.8) is 0 Å². The quantitative estimate of drug-likeness (QED) is 0.704. The predicted molar refractivity (Wildman–Crippen MR) is 46.9 cm³/mol. The van der Waals surface area contributed by atoms with E-state index in [0.717, 1.165) is 5.82 Å². The van der Waals surface area contributed by atoms with E-state index in [4.69, 9.17) is 22.1 Å². The third-order valence-electron chi connectivity index (χ3n) is 1.52. The molecule has 5 heteroatoms. The Morgan fingerprint density at radius 1 is 1.75 bits per heavy atom. The number of imidazole rings is 1. The Kier molecular flexibility index (Phi) is 3.52. The van der Waals surface area contributed by atoms with Crippen molar-refractivity contribution in [3.05, 3.63) is 17.2 Å². The summed E-state index contributed by atoms with van der Waals surface area (Å²) >= 11 is 5.76. The largest absolute Gasteiger partial charge is 0.372 e. The minimum atomic E-state index is 0.459. The van der Waals surface area contributed by atoms with Crippen LogP contribution in [0.25, 0.3) is 0 Å². The zero-order valence-electron chi connectivity index (χ0n) is 6.96. The zero-order valence-corrected chi connectivity index (χ0v) is 7.71. The van der Waals surface area contributed by atoms with Gasteiger partial charge in [-0.3, -0.25) is 0 Å². The lowest BCUT2D eigenvalue weighted by molar-refractivity contribution is 0.121. The average Bonchev–Trinajstić information content (AvgIpc) is 2.36. The van der Waals surface area contributed by atoms with Gasteiger partial charge in [0.1, 0.15) is 17.6 Å². The molecule has 0 amide bonds. The SMILES string of the molecule is Cn1c(Cl)cnc1COCCN. The van der Waals surface area contributed by atoms with Gasteiger partial charge < -0.3 is 15.0 Å². The summed E-state index contributed by atoms with van der Waals surface area (Å²) in [6.07, 6.45) is 1.60. The van der Waals surface area contributed by atoms with Crippen LogP contribution in [-0.2, 0) is 18.4 Å². The van der Waals surface area contributed by atoms with Crippen molar-refractivity contribution in [1.82, 2.24) is 9.55 Å². The van der Waals surface area contributed by atoms with E-state index < -0.39 is 0 Å². The van der Waals surface area contributed by atoms with Crippen LogP contribution in [0.4, 0.5) is 0 Å². The summed E-state index contributed by atoms with van der Waals surface area (Å²) in [6.45, 7) is 1.53. The highest BCUT2D eigenvalue weighted by atomic mass is 35.5. The van der Waals surface area contributed by atoms with E-state index in [0.29, 0.717) is 24.9 Å². The molecule has 12 heavy (non-hydrogen) atoms. The molecule has 0 aliphatic carbocycles. The predicted octanol–water partition coefficient (Wildman–Crippen LogP) is 0.549. The summed E-state index contributed by atoms with van der Waals surface area (Å²) in [5, 5.41) is 0.612. The van der Waals surface area contributed by atoms with Crippen LogP contribution in [0, 0.1) is 0 Å². The van der Waals surface area contributed by atoms with Gasteiger partial charge in [0.15, 0.2) is 0 Å². The van der Waals surface area contributed by atoms with Crippen molar-refractivity contribution in [1.29, 1.82) is 0 Å². The van der Waals surface area contributed by atoms with Gasteiger partial charge in [-0.2, -0.15) is 0 Å². The maximum Gasteiger partial charge on any atom is 0.135 e. The van der Waals surface area contributed by atoms with Crippen LogP contribution >= 0.6 is 11.6 Å². The number of nitrogens with zero attached hydrogens (tertiary/aromatic N) is 2. The van der Waals surface area contributed by atoms with Gasteiger partial charge in [-0.05, 0) is 0 Å². The Bertz CT molecular complexity index is 249. The molecule has 1 rings (SSSR count). The fourth-order valence-electron chi connectivity index (χ4n) is 0.805. The molecule has 68 valence electrons. The van der Waals surface area contributed by atoms with Crippen LogP contribution in [0.5, 0.6) is 0 Å². The van der Waals surface area contributed by atoms with E-state index in [-0.39, 0.29) is 0 Å². The van der Waals surface area contributed by atoms with Gasteiger partial charge in [-0.15, -0.1) is 0 Å². The number of rotatable bonds is 4. The number of hydrogen-bond donors (Lipinski definition) is 1. The van der Waals surface area contributed by atoms with E-state index in [9.17, 15) is 0 Å². The van der Waals surface area contributed by atoms with Crippen molar-refractivity contribution in [2.75, 3.05) is 13.2 Å². The number of halogens is 1. The van der Waals surface area contributed by atoms with Crippen LogP contribution in [0.3, 0.4) is 0 Å². The van der Waals surface area contributed by atoms with E-state index >= 15 is 0 Å². The van der Waals surface area contributed by atoms with Gasteiger partial charge in [-0.25, -0.2) is 4.98 Å². The molecule has 0 aliphatic rings. The highest BCUT2D eigenvalue weighted by Gasteiger charge is 2.02. The second-order valence-corrected chi connectivity index (χ2v) is 2.78. The molecule has 0 fully saturated rings. The lowest BCUT2D eigenvalue weighted by atomic mass is 10.6. The molecule has 0 bridgehead atoms.